The van der Waals surface area contributed by atoms with Crippen LogP contribution in [0.3, 0.4) is 0 Å². The second-order valence-corrected chi connectivity index (χ2v) is 9.48. The standard InChI is InChI=1S/C24H25N3O3S/c1-3-18-6-8-20(9-7-18)25-24(28)26-21-10-13-23-19(16-21)14-15-27(23)31(29,30)22-11-4-17(2)5-12-22/h4-13,16H,3,14-15H2,1-2H3,(H2,25,26,28). The van der Waals surface area contributed by atoms with Crippen LogP contribution in [0.15, 0.2) is 71.6 Å². The van der Waals surface area contributed by atoms with Gasteiger partial charge in [0.25, 0.3) is 10.0 Å². The molecule has 0 aromatic heterocycles. The van der Waals surface area contributed by atoms with Gasteiger partial charge in [0.15, 0.2) is 0 Å². The molecular weight excluding hydrogens is 410 g/mol. The predicted molar refractivity (Wildman–Crippen MR) is 124 cm³/mol. The number of anilines is 3. The number of hydrogen-bond acceptors (Lipinski definition) is 3. The van der Waals surface area contributed by atoms with Gasteiger partial charge in [-0.3, -0.25) is 4.31 Å². The van der Waals surface area contributed by atoms with Gasteiger partial charge in [-0.1, -0.05) is 36.8 Å². The molecular formula is C24H25N3O3S. The van der Waals surface area contributed by atoms with Crippen LogP contribution in [-0.2, 0) is 22.9 Å². The van der Waals surface area contributed by atoms with E-state index in [0.29, 0.717) is 30.0 Å². The minimum atomic E-state index is -3.62. The highest BCUT2D eigenvalue weighted by Crippen LogP contribution is 2.34. The third-order valence-electron chi connectivity index (χ3n) is 5.42. The van der Waals surface area contributed by atoms with Gasteiger partial charge in [-0.25, -0.2) is 13.2 Å². The van der Waals surface area contributed by atoms with Gasteiger partial charge in [-0.15, -0.1) is 0 Å². The van der Waals surface area contributed by atoms with Crippen LogP contribution < -0.4 is 14.9 Å². The zero-order valence-corrected chi connectivity index (χ0v) is 18.4. The quantitative estimate of drug-likeness (QED) is 0.595. The van der Waals surface area contributed by atoms with Crippen LogP contribution in [-0.4, -0.2) is 21.0 Å². The summed E-state index contributed by atoms with van der Waals surface area (Å²) in [5, 5.41) is 5.63. The lowest BCUT2D eigenvalue weighted by Crippen LogP contribution is -2.29. The average Bonchev–Trinajstić information content (AvgIpc) is 3.18. The first-order chi connectivity index (χ1) is 14.9. The first-order valence-corrected chi connectivity index (χ1v) is 11.7. The maximum atomic E-state index is 13.1. The molecule has 0 atom stereocenters. The molecule has 0 fully saturated rings. The molecule has 0 unspecified atom stereocenters. The fraction of sp³-hybridized carbons (Fsp3) is 0.208. The number of carbonyl (C=O) groups is 1. The fourth-order valence-electron chi connectivity index (χ4n) is 3.65. The van der Waals surface area contributed by atoms with Gasteiger partial charge in [0.2, 0.25) is 0 Å². The minimum absolute atomic E-state index is 0.279. The van der Waals surface area contributed by atoms with E-state index in [4.69, 9.17) is 0 Å². The van der Waals surface area contributed by atoms with Crippen molar-refractivity contribution in [3.63, 3.8) is 0 Å². The van der Waals surface area contributed by atoms with Crippen LogP contribution in [0.1, 0.15) is 23.6 Å². The highest BCUT2D eigenvalue weighted by molar-refractivity contribution is 7.92. The van der Waals surface area contributed by atoms with E-state index in [1.807, 2.05) is 37.3 Å². The number of sulfonamides is 1. The molecule has 1 heterocycles. The highest BCUT2D eigenvalue weighted by Gasteiger charge is 2.31. The van der Waals surface area contributed by atoms with E-state index in [2.05, 4.69) is 17.6 Å². The van der Waals surface area contributed by atoms with E-state index in [0.717, 1.165) is 17.5 Å². The predicted octanol–water partition coefficient (Wildman–Crippen LogP) is 4.95. The molecule has 7 heteroatoms. The molecule has 6 nitrogen and oxygen atoms in total. The largest absolute Gasteiger partial charge is 0.323 e. The number of nitrogens with one attached hydrogen (secondary N) is 2. The molecule has 0 saturated carbocycles. The van der Waals surface area contributed by atoms with E-state index >= 15 is 0 Å². The summed E-state index contributed by atoms with van der Waals surface area (Å²) in [7, 11) is -3.62. The van der Waals surface area contributed by atoms with Crippen molar-refractivity contribution in [1.82, 2.24) is 0 Å². The van der Waals surface area contributed by atoms with E-state index < -0.39 is 10.0 Å². The summed E-state index contributed by atoms with van der Waals surface area (Å²) in [5.74, 6) is 0. The Hall–Kier alpha value is -3.32. The molecule has 3 aromatic rings. The van der Waals surface area contributed by atoms with E-state index in [1.54, 1.807) is 36.4 Å². The Kier molecular flexibility index (Phi) is 5.69. The van der Waals surface area contributed by atoms with Crippen molar-refractivity contribution in [2.45, 2.75) is 31.6 Å². The molecule has 1 aliphatic heterocycles. The van der Waals surface area contributed by atoms with Crippen molar-refractivity contribution in [1.29, 1.82) is 0 Å². The van der Waals surface area contributed by atoms with Crippen molar-refractivity contribution >= 4 is 33.1 Å². The van der Waals surface area contributed by atoms with Crippen molar-refractivity contribution in [2.24, 2.45) is 0 Å². The van der Waals surface area contributed by atoms with Gasteiger partial charge in [-0.05, 0) is 73.4 Å². The topological polar surface area (TPSA) is 78.5 Å². The number of aryl methyl sites for hydroxylation is 2. The Labute approximate surface area is 183 Å². The normalized spacial score (nSPS) is 13.0. The summed E-state index contributed by atoms with van der Waals surface area (Å²) in [6.07, 6.45) is 1.54. The number of amides is 2. The van der Waals surface area contributed by atoms with Crippen molar-refractivity contribution in [3.8, 4) is 0 Å². The summed E-state index contributed by atoms with van der Waals surface area (Å²) in [6, 6.07) is 19.5. The number of nitrogens with zero attached hydrogens (tertiary/aromatic N) is 1. The summed E-state index contributed by atoms with van der Waals surface area (Å²) in [4.78, 5) is 12.6. The molecule has 4 rings (SSSR count). The first-order valence-electron chi connectivity index (χ1n) is 10.3. The molecule has 0 saturated heterocycles. The Balaban J connectivity index is 1.48. The van der Waals surface area contributed by atoms with E-state index in [-0.39, 0.29) is 10.9 Å². The molecule has 0 spiro atoms. The van der Waals surface area contributed by atoms with Crippen LogP contribution in [0.2, 0.25) is 0 Å². The molecule has 0 aliphatic carbocycles. The van der Waals surface area contributed by atoms with Gasteiger partial charge < -0.3 is 10.6 Å². The summed E-state index contributed by atoms with van der Waals surface area (Å²) in [6.45, 7) is 4.38. The van der Waals surface area contributed by atoms with Gasteiger partial charge >= 0.3 is 6.03 Å². The first kappa shape index (κ1) is 20.9. The zero-order valence-electron chi connectivity index (χ0n) is 17.6. The Bertz CT molecular complexity index is 1200. The summed E-state index contributed by atoms with van der Waals surface area (Å²) in [5.41, 5.74) is 5.09. The van der Waals surface area contributed by atoms with Crippen LogP contribution in [0, 0.1) is 6.92 Å². The molecule has 1 aliphatic rings. The molecule has 2 N–H and O–H groups in total. The molecule has 2 amide bonds. The smallest absolute Gasteiger partial charge is 0.308 e. The number of fused-ring (bicyclic) bond motifs is 1. The fourth-order valence-corrected chi connectivity index (χ4v) is 5.16. The van der Waals surface area contributed by atoms with E-state index in [1.165, 1.54) is 9.87 Å². The number of urea groups is 1. The lowest BCUT2D eigenvalue weighted by molar-refractivity contribution is 0.262. The third kappa shape index (κ3) is 4.41. The van der Waals surface area contributed by atoms with Crippen LogP contribution in [0.25, 0.3) is 0 Å². The molecule has 0 bridgehead atoms. The molecule has 3 aromatic carbocycles. The Morgan fingerprint density at radius 3 is 2.26 bits per heavy atom. The summed E-state index contributed by atoms with van der Waals surface area (Å²) < 4.78 is 27.6. The van der Waals surface area contributed by atoms with Crippen molar-refractivity contribution in [3.05, 3.63) is 83.4 Å². The molecule has 31 heavy (non-hydrogen) atoms. The Morgan fingerprint density at radius 1 is 0.935 bits per heavy atom. The number of hydrogen-bond donors (Lipinski definition) is 2. The van der Waals surface area contributed by atoms with Gasteiger partial charge in [0.05, 0.1) is 10.6 Å². The number of carbonyl (C=O) groups excluding carboxylic acids is 1. The monoisotopic (exact) mass is 435 g/mol. The van der Waals surface area contributed by atoms with E-state index in [9.17, 15) is 13.2 Å². The van der Waals surface area contributed by atoms with Crippen LogP contribution in [0.5, 0.6) is 0 Å². The lowest BCUT2D eigenvalue weighted by Gasteiger charge is -2.20. The lowest BCUT2D eigenvalue weighted by atomic mass is 10.1. The SMILES string of the molecule is CCc1ccc(NC(=O)Nc2ccc3c(c2)CCN3S(=O)(=O)c2ccc(C)cc2)cc1. The maximum absolute atomic E-state index is 13.1. The van der Waals surface area contributed by atoms with Gasteiger partial charge in [0.1, 0.15) is 0 Å². The average molecular weight is 436 g/mol. The van der Waals surface area contributed by atoms with Gasteiger partial charge in [0, 0.05) is 17.9 Å². The van der Waals surface area contributed by atoms with Crippen molar-refractivity contribution in [2.75, 3.05) is 21.5 Å². The van der Waals surface area contributed by atoms with Crippen LogP contribution >= 0.6 is 0 Å². The maximum Gasteiger partial charge on any atom is 0.323 e. The minimum Gasteiger partial charge on any atom is -0.308 e. The highest BCUT2D eigenvalue weighted by atomic mass is 32.2. The zero-order chi connectivity index (χ0) is 22.0. The molecule has 160 valence electrons. The molecule has 0 radical (unpaired) electrons. The summed E-state index contributed by atoms with van der Waals surface area (Å²) >= 11 is 0. The number of rotatable bonds is 5. The Morgan fingerprint density at radius 2 is 1.58 bits per heavy atom. The third-order valence-corrected chi connectivity index (χ3v) is 7.25. The second-order valence-electron chi connectivity index (χ2n) is 7.61. The van der Waals surface area contributed by atoms with Crippen molar-refractivity contribution < 1.29 is 13.2 Å². The second kappa shape index (κ2) is 8.43. The van der Waals surface area contributed by atoms with Gasteiger partial charge in [-0.2, -0.15) is 0 Å². The van der Waals surface area contributed by atoms with Crippen LogP contribution in [0.4, 0.5) is 21.9 Å². The number of benzene rings is 3.